The van der Waals surface area contributed by atoms with Gasteiger partial charge in [0.1, 0.15) is 11.6 Å². The highest BCUT2D eigenvalue weighted by Crippen LogP contribution is 2.22. The molecule has 0 radical (unpaired) electrons. The first kappa shape index (κ1) is 12.7. The Morgan fingerprint density at radius 2 is 2.35 bits per heavy atom. The van der Waals surface area contributed by atoms with E-state index in [2.05, 4.69) is 22.5 Å². The van der Waals surface area contributed by atoms with Gasteiger partial charge in [-0.25, -0.2) is 4.39 Å². The van der Waals surface area contributed by atoms with Crippen molar-refractivity contribution in [2.75, 3.05) is 6.54 Å². The standard InChI is InChI=1S/C15H16FN3O/c1-10-8-17-15(19-10)18-9-12-5-4-11(7-13(12)16)14-3-2-6-20-14/h2-7,10H,8-9H2,1H3,(H2,17,18,19). The fourth-order valence-corrected chi connectivity index (χ4v) is 2.13. The summed E-state index contributed by atoms with van der Waals surface area (Å²) < 4.78 is 19.3. The minimum Gasteiger partial charge on any atom is -0.464 e. The fourth-order valence-electron chi connectivity index (χ4n) is 2.13. The van der Waals surface area contributed by atoms with E-state index in [0.717, 1.165) is 18.1 Å². The van der Waals surface area contributed by atoms with Crippen LogP contribution in [-0.2, 0) is 6.54 Å². The van der Waals surface area contributed by atoms with Crippen molar-refractivity contribution >= 4 is 5.96 Å². The Labute approximate surface area is 116 Å². The minimum atomic E-state index is -0.252. The average Bonchev–Trinajstić information content (AvgIpc) is 3.08. The normalized spacial score (nSPS) is 17.7. The molecule has 3 rings (SSSR count). The van der Waals surface area contributed by atoms with Crippen molar-refractivity contribution < 1.29 is 8.81 Å². The molecule has 1 aromatic carbocycles. The number of furan rings is 1. The van der Waals surface area contributed by atoms with Crippen molar-refractivity contribution in [1.82, 2.24) is 10.6 Å². The van der Waals surface area contributed by atoms with Crippen LogP contribution in [0.4, 0.5) is 4.39 Å². The molecule has 20 heavy (non-hydrogen) atoms. The van der Waals surface area contributed by atoms with Gasteiger partial charge in [-0.1, -0.05) is 12.1 Å². The maximum Gasteiger partial charge on any atom is 0.191 e. The molecule has 2 aromatic rings. The van der Waals surface area contributed by atoms with Crippen molar-refractivity contribution in [2.24, 2.45) is 4.99 Å². The van der Waals surface area contributed by atoms with Crippen LogP contribution < -0.4 is 10.6 Å². The van der Waals surface area contributed by atoms with E-state index in [1.807, 2.05) is 12.1 Å². The van der Waals surface area contributed by atoms with Crippen molar-refractivity contribution in [1.29, 1.82) is 0 Å². The second-order valence-corrected chi connectivity index (χ2v) is 4.87. The summed E-state index contributed by atoms with van der Waals surface area (Å²) in [5.74, 6) is 1.14. The highest BCUT2D eigenvalue weighted by Gasteiger charge is 2.13. The van der Waals surface area contributed by atoms with Gasteiger partial charge in [-0.3, -0.25) is 4.99 Å². The summed E-state index contributed by atoms with van der Waals surface area (Å²) in [6.07, 6.45) is 1.58. The van der Waals surface area contributed by atoms with Gasteiger partial charge >= 0.3 is 0 Å². The van der Waals surface area contributed by atoms with Crippen molar-refractivity contribution in [3.8, 4) is 11.3 Å². The van der Waals surface area contributed by atoms with Crippen LogP contribution in [0.25, 0.3) is 11.3 Å². The van der Waals surface area contributed by atoms with E-state index in [-0.39, 0.29) is 5.82 Å². The molecule has 2 N–H and O–H groups in total. The smallest absolute Gasteiger partial charge is 0.191 e. The van der Waals surface area contributed by atoms with Gasteiger partial charge in [0, 0.05) is 23.7 Å². The number of hydrogen-bond acceptors (Lipinski definition) is 4. The van der Waals surface area contributed by atoms with Crippen molar-refractivity contribution in [3.63, 3.8) is 0 Å². The van der Waals surface area contributed by atoms with E-state index < -0.39 is 0 Å². The first-order chi connectivity index (χ1) is 9.72. The van der Waals surface area contributed by atoms with E-state index in [4.69, 9.17) is 4.42 Å². The third-order valence-electron chi connectivity index (χ3n) is 3.21. The van der Waals surface area contributed by atoms with E-state index in [1.165, 1.54) is 6.07 Å². The molecule has 1 aliphatic rings. The largest absolute Gasteiger partial charge is 0.464 e. The number of halogens is 1. The zero-order valence-electron chi connectivity index (χ0n) is 11.2. The molecule has 104 valence electrons. The molecule has 1 atom stereocenters. The predicted octanol–water partition coefficient (Wildman–Crippen LogP) is 2.52. The zero-order valence-corrected chi connectivity index (χ0v) is 11.2. The van der Waals surface area contributed by atoms with Crippen LogP contribution in [0.5, 0.6) is 0 Å². The minimum absolute atomic E-state index is 0.252. The number of nitrogens with one attached hydrogen (secondary N) is 2. The van der Waals surface area contributed by atoms with Gasteiger partial charge in [-0.2, -0.15) is 0 Å². The molecule has 1 aromatic heterocycles. The molecule has 4 nitrogen and oxygen atoms in total. The monoisotopic (exact) mass is 273 g/mol. The topological polar surface area (TPSA) is 49.6 Å². The summed E-state index contributed by atoms with van der Waals surface area (Å²) in [6, 6.07) is 9.04. The van der Waals surface area contributed by atoms with E-state index in [9.17, 15) is 4.39 Å². The van der Waals surface area contributed by atoms with Crippen molar-refractivity contribution in [3.05, 3.63) is 48.0 Å². The van der Waals surface area contributed by atoms with Gasteiger partial charge in [0.05, 0.1) is 12.8 Å². The predicted molar refractivity (Wildman–Crippen MR) is 75.8 cm³/mol. The third-order valence-corrected chi connectivity index (χ3v) is 3.21. The first-order valence-electron chi connectivity index (χ1n) is 6.59. The SMILES string of the molecule is CC1CN=C(NCc2ccc(-c3ccco3)cc2F)N1. The molecular weight excluding hydrogens is 257 g/mol. The van der Waals surface area contributed by atoms with Crippen LogP contribution in [0.1, 0.15) is 12.5 Å². The first-order valence-corrected chi connectivity index (χ1v) is 6.59. The molecule has 1 aliphatic heterocycles. The third kappa shape index (κ3) is 2.66. The number of nitrogens with zero attached hydrogens (tertiary/aromatic N) is 1. The van der Waals surface area contributed by atoms with Crippen LogP contribution in [0.2, 0.25) is 0 Å². The lowest BCUT2D eigenvalue weighted by molar-refractivity contribution is 0.578. The van der Waals surface area contributed by atoms with Gasteiger partial charge in [0.15, 0.2) is 5.96 Å². The molecule has 0 bridgehead atoms. The molecule has 0 spiro atoms. The Kier molecular flexibility index (Phi) is 3.41. The Hall–Kier alpha value is -2.30. The Morgan fingerprint density at radius 1 is 1.45 bits per heavy atom. The van der Waals surface area contributed by atoms with Crippen LogP contribution in [0.15, 0.2) is 46.0 Å². The number of aliphatic imine (C=N–C) groups is 1. The summed E-state index contributed by atoms with van der Waals surface area (Å²) in [5.41, 5.74) is 1.34. The van der Waals surface area contributed by atoms with E-state index >= 15 is 0 Å². The molecular formula is C15H16FN3O. The quantitative estimate of drug-likeness (QED) is 0.903. The van der Waals surface area contributed by atoms with Gasteiger partial charge in [-0.05, 0) is 25.1 Å². The second-order valence-electron chi connectivity index (χ2n) is 4.87. The summed E-state index contributed by atoms with van der Waals surface area (Å²) in [7, 11) is 0. The lowest BCUT2D eigenvalue weighted by Crippen LogP contribution is -2.37. The molecule has 5 heteroatoms. The Morgan fingerprint density at radius 3 is 3.00 bits per heavy atom. The second kappa shape index (κ2) is 5.36. The highest BCUT2D eigenvalue weighted by molar-refractivity contribution is 5.81. The summed E-state index contributed by atoms with van der Waals surface area (Å²) in [4.78, 5) is 4.28. The van der Waals surface area contributed by atoms with Crippen molar-refractivity contribution in [2.45, 2.75) is 19.5 Å². The fraction of sp³-hybridized carbons (Fsp3) is 0.267. The number of benzene rings is 1. The van der Waals surface area contributed by atoms with Crippen LogP contribution in [-0.4, -0.2) is 18.5 Å². The Bertz CT molecular complexity index is 622. The Balaban J connectivity index is 1.69. The van der Waals surface area contributed by atoms with E-state index in [0.29, 0.717) is 23.9 Å². The van der Waals surface area contributed by atoms with Gasteiger partial charge < -0.3 is 15.1 Å². The van der Waals surface area contributed by atoms with Gasteiger partial charge in [0.2, 0.25) is 0 Å². The lowest BCUT2D eigenvalue weighted by atomic mass is 10.1. The number of guanidine groups is 1. The summed E-state index contributed by atoms with van der Waals surface area (Å²) in [6.45, 7) is 3.21. The zero-order chi connectivity index (χ0) is 13.9. The molecule has 0 fully saturated rings. The maximum absolute atomic E-state index is 14.1. The van der Waals surface area contributed by atoms with Crippen LogP contribution in [0.3, 0.4) is 0 Å². The summed E-state index contributed by atoms with van der Waals surface area (Å²) >= 11 is 0. The number of rotatable bonds is 3. The van der Waals surface area contributed by atoms with Crippen LogP contribution in [0, 0.1) is 5.82 Å². The molecule has 0 amide bonds. The van der Waals surface area contributed by atoms with Gasteiger partial charge in [-0.15, -0.1) is 0 Å². The molecule has 0 saturated heterocycles. The number of hydrogen-bond donors (Lipinski definition) is 2. The maximum atomic E-state index is 14.1. The van der Waals surface area contributed by atoms with Crippen LogP contribution >= 0.6 is 0 Å². The van der Waals surface area contributed by atoms with E-state index in [1.54, 1.807) is 18.4 Å². The van der Waals surface area contributed by atoms with Gasteiger partial charge in [0.25, 0.3) is 0 Å². The molecule has 0 aliphatic carbocycles. The molecule has 2 heterocycles. The molecule has 0 saturated carbocycles. The highest BCUT2D eigenvalue weighted by atomic mass is 19.1. The molecule has 1 unspecified atom stereocenters. The summed E-state index contributed by atoms with van der Waals surface area (Å²) in [5, 5.41) is 6.28. The lowest BCUT2D eigenvalue weighted by Gasteiger charge is -2.10. The average molecular weight is 273 g/mol.